The highest BCUT2D eigenvalue weighted by Crippen LogP contribution is 2.32. The fourth-order valence-corrected chi connectivity index (χ4v) is 1.88. The van der Waals surface area contributed by atoms with Crippen LogP contribution in [0.25, 0.3) is 16.9 Å². The summed E-state index contributed by atoms with van der Waals surface area (Å²) in [4.78, 5) is 4.11. The summed E-state index contributed by atoms with van der Waals surface area (Å²) < 4.78 is 39.6. The van der Waals surface area contributed by atoms with Crippen molar-refractivity contribution < 1.29 is 13.2 Å². The van der Waals surface area contributed by atoms with Gasteiger partial charge in [0.25, 0.3) is 0 Å². The predicted octanol–water partition coefficient (Wildman–Crippen LogP) is 3.42. The summed E-state index contributed by atoms with van der Waals surface area (Å²) in [5, 5.41) is 4.08. The summed E-state index contributed by atoms with van der Waals surface area (Å²) in [6.07, 6.45) is -1.28. The molecule has 0 unspecified atom stereocenters. The van der Waals surface area contributed by atoms with Crippen molar-refractivity contribution >= 4 is 5.65 Å². The number of fused-ring (bicyclic) bond motifs is 1. The fraction of sp³-hybridized carbons (Fsp3) is 0.0769. The second-order valence-electron chi connectivity index (χ2n) is 4.02. The summed E-state index contributed by atoms with van der Waals surface area (Å²) in [5.41, 5.74) is 0.869. The lowest BCUT2D eigenvalue weighted by Gasteiger charge is -2.08. The number of hydrogen-bond donors (Lipinski definition) is 0. The van der Waals surface area contributed by atoms with E-state index in [-0.39, 0.29) is 0 Å². The highest BCUT2D eigenvalue weighted by atomic mass is 19.4. The second kappa shape index (κ2) is 4.08. The number of aromatic nitrogens is 3. The van der Waals surface area contributed by atoms with Gasteiger partial charge in [-0.05, 0) is 24.3 Å². The van der Waals surface area contributed by atoms with Crippen LogP contribution in [0, 0.1) is 0 Å². The molecular formula is C13H8F3N3. The first-order valence-electron chi connectivity index (χ1n) is 5.52. The lowest BCUT2D eigenvalue weighted by Crippen LogP contribution is -2.04. The quantitative estimate of drug-likeness (QED) is 0.673. The first-order valence-corrected chi connectivity index (χ1v) is 5.52. The molecule has 19 heavy (non-hydrogen) atoms. The molecule has 0 atom stereocenters. The summed E-state index contributed by atoms with van der Waals surface area (Å²) in [6, 6.07) is 8.58. The van der Waals surface area contributed by atoms with E-state index in [2.05, 4.69) is 10.1 Å². The Balaban J connectivity index is 2.17. The molecule has 0 bridgehead atoms. The van der Waals surface area contributed by atoms with Gasteiger partial charge in [-0.25, -0.2) is 9.50 Å². The van der Waals surface area contributed by atoms with Crippen LogP contribution in [0.15, 0.2) is 48.8 Å². The molecule has 0 aliphatic carbocycles. The number of hydrogen-bond acceptors (Lipinski definition) is 2. The van der Waals surface area contributed by atoms with E-state index in [1.54, 1.807) is 24.4 Å². The maximum Gasteiger partial charge on any atom is 0.416 e. The molecule has 0 aliphatic rings. The van der Waals surface area contributed by atoms with E-state index in [0.717, 1.165) is 12.1 Å². The first-order chi connectivity index (χ1) is 9.05. The molecule has 0 fully saturated rings. The van der Waals surface area contributed by atoms with Gasteiger partial charge in [-0.15, -0.1) is 0 Å². The van der Waals surface area contributed by atoms with Crippen LogP contribution in [-0.2, 0) is 6.18 Å². The highest BCUT2D eigenvalue weighted by Gasteiger charge is 2.30. The number of rotatable bonds is 1. The van der Waals surface area contributed by atoms with Gasteiger partial charge in [0.2, 0.25) is 0 Å². The van der Waals surface area contributed by atoms with E-state index >= 15 is 0 Å². The number of nitrogens with zero attached hydrogens (tertiary/aromatic N) is 3. The normalized spacial score (nSPS) is 11.9. The largest absolute Gasteiger partial charge is 0.416 e. The topological polar surface area (TPSA) is 30.2 Å². The van der Waals surface area contributed by atoms with E-state index in [1.165, 1.54) is 16.8 Å². The second-order valence-corrected chi connectivity index (χ2v) is 4.02. The zero-order valence-corrected chi connectivity index (χ0v) is 9.59. The zero-order chi connectivity index (χ0) is 13.5. The van der Waals surface area contributed by atoms with Crippen LogP contribution in [0.3, 0.4) is 0 Å². The Bertz CT molecular complexity index is 731. The average molecular weight is 263 g/mol. The molecule has 2 heterocycles. The molecule has 0 N–H and O–H groups in total. The standard InChI is InChI=1S/C13H8F3N3/c14-13(15,16)10-4-1-3-9(7-10)11-8-17-12-5-2-6-18-19(11)12/h1-8H. The Labute approximate surface area is 106 Å². The molecule has 3 nitrogen and oxygen atoms in total. The Morgan fingerprint density at radius 2 is 1.89 bits per heavy atom. The molecule has 0 amide bonds. The van der Waals surface area contributed by atoms with Crippen LogP contribution in [0.2, 0.25) is 0 Å². The van der Waals surface area contributed by atoms with Crippen LogP contribution in [0.4, 0.5) is 13.2 Å². The van der Waals surface area contributed by atoms with Crippen molar-refractivity contribution in [1.29, 1.82) is 0 Å². The van der Waals surface area contributed by atoms with Gasteiger partial charge in [0.05, 0.1) is 17.5 Å². The van der Waals surface area contributed by atoms with Crippen molar-refractivity contribution in [2.45, 2.75) is 6.18 Å². The molecule has 2 aromatic heterocycles. The third-order valence-corrected chi connectivity index (χ3v) is 2.76. The smallest absolute Gasteiger partial charge is 0.235 e. The average Bonchev–Trinajstić information content (AvgIpc) is 2.82. The van der Waals surface area contributed by atoms with E-state index in [9.17, 15) is 13.2 Å². The van der Waals surface area contributed by atoms with Crippen LogP contribution in [0.1, 0.15) is 5.56 Å². The SMILES string of the molecule is FC(F)(F)c1cccc(-c2cnc3cccnn23)c1. The van der Waals surface area contributed by atoms with Crippen LogP contribution in [0.5, 0.6) is 0 Å². The van der Waals surface area contributed by atoms with Gasteiger partial charge >= 0.3 is 6.18 Å². The molecule has 6 heteroatoms. The van der Waals surface area contributed by atoms with Crippen molar-refractivity contribution in [3.63, 3.8) is 0 Å². The number of halogens is 3. The van der Waals surface area contributed by atoms with Gasteiger partial charge in [0.1, 0.15) is 0 Å². The van der Waals surface area contributed by atoms with E-state index in [0.29, 0.717) is 16.9 Å². The summed E-state index contributed by atoms with van der Waals surface area (Å²) in [5.74, 6) is 0. The van der Waals surface area contributed by atoms with Crippen LogP contribution in [-0.4, -0.2) is 14.6 Å². The summed E-state index contributed by atoms with van der Waals surface area (Å²) >= 11 is 0. The third-order valence-electron chi connectivity index (χ3n) is 2.76. The van der Waals surface area contributed by atoms with Gasteiger partial charge in [-0.3, -0.25) is 0 Å². The van der Waals surface area contributed by atoms with E-state index < -0.39 is 11.7 Å². The van der Waals surface area contributed by atoms with E-state index in [1.807, 2.05) is 0 Å². The van der Waals surface area contributed by atoms with Crippen molar-refractivity contribution in [2.75, 3.05) is 0 Å². The van der Waals surface area contributed by atoms with Crippen molar-refractivity contribution in [3.05, 3.63) is 54.4 Å². The maximum absolute atomic E-state index is 12.7. The first kappa shape index (κ1) is 11.7. The van der Waals surface area contributed by atoms with Crippen molar-refractivity contribution in [1.82, 2.24) is 14.6 Å². The van der Waals surface area contributed by atoms with E-state index in [4.69, 9.17) is 0 Å². The minimum atomic E-state index is -4.36. The predicted molar refractivity (Wildman–Crippen MR) is 63.4 cm³/mol. The number of benzene rings is 1. The Morgan fingerprint density at radius 1 is 1.05 bits per heavy atom. The molecule has 96 valence electrons. The number of imidazole rings is 1. The molecule has 3 aromatic rings. The lowest BCUT2D eigenvalue weighted by molar-refractivity contribution is -0.137. The molecule has 0 aliphatic heterocycles. The van der Waals surface area contributed by atoms with Crippen molar-refractivity contribution in [3.8, 4) is 11.3 Å². The molecule has 1 aromatic carbocycles. The Hall–Kier alpha value is -2.37. The molecule has 0 saturated heterocycles. The molecule has 0 saturated carbocycles. The third kappa shape index (κ3) is 2.05. The maximum atomic E-state index is 12.7. The monoisotopic (exact) mass is 263 g/mol. The van der Waals surface area contributed by atoms with Gasteiger partial charge in [-0.2, -0.15) is 18.3 Å². The fourth-order valence-electron chi connectivity index (χ4n) is 1.88. The Kier molecular flexibility index (Phi) is 2.51. The minimum absolute atomic E-state index is 0.432. The van der Waals surface area contributed by atoms with Crippen molar-refractivity contribution in [2.24, 2.45) is 0 Å². The van der Waals surface area contributed by atoms with Gasteiger partial charge < -0.3 is 0 Å². The van der Waals surface area contributed by atoms with Gasteiger partial charge in [0.15, 0.2) is 5.65 Å². The van der Waals surface area contributed by atoms with Crippen LogP contribution < -0.4 is 0 Å². The molecule has 3 rings (SSSR count). The molecule has 0 radical (unpaired) electrons. The zero-order valence-electron chi connectivity index (χ0n) is 9.59. The minimum Gasteiger partial charge on any atom is -0.235 e. The van der Waals surface area contributed by atoms with Gasteiger partial charge in [-0.1, -0.05) is 12.1 Å². The molecular weight excluding hydrogens is 255 g/mol. The van der Waals surface area contributed by atoms with Gasteiger partial charge in [0, 0.05) is 11.8 Å². The Morgan fingerprint density at radius 3 is 2.68 bits per heavy atom. The summed E-state index contributed by atoms with van der Waals surface area (Å²) in [6.45, 7) is 0. The number of alkyl halides is 3. The summed E-state index contributed by atoms with van der Waals surface area (Å²) in [7, 11) is 0. The lowest BCUT2D eigenvalue weighted by atomic mass is 10.1. The molecule has 0 spiro atoms. The van der Waals surface area contributed by atoms with Crippen LogP contribution >= 0.6 is 0 Å². The highest BCUT2D eigenvalue weighted by molar-refractivity contribution is 5.63.